The average molecular weight is 231 g/mol. The second kappa shape index (κ2) is 4.62. The molecule has 0 bridgehead atoms. The first-order valence-electron chi connectivity index (χ1n) is 5.87. The summed E-state index contributed by atoms with van der Waals surface area (Å²) >= 11 is 0. The monoisotopic (exact) mass is 231 g/mol. The van der Waals surface area contributed by atoms with Crippen molar-refractivity contribution in [3.05, 3.63) is 39.7 Å². The Balaban J connectivity index is 2.74. The van der Waals surface area contributed by atoms with Gasteiger partial charge in [0.2, 0.25) is 0 Å². The zero-order valence-corrected chi connectivity index (χ0v) is 10.5. The largest absolute Gasteiger partial charge is 0.497 e. The Morgan fingerprint density at radius 3 is 2.76 bits per heavy atom. The minimum absolute atomic E-state index is 0.122. The number of pyridine rings is 1. The molecule has 0 aliphatic rings. The van der Waals surface area contributed by atoms with E-state index >= 15 is 0 Å². The smallest absolute Gasteiger partial charge is 0.192 e. The van der Waals surface area contributed by atoms with Gasteiger partial charge in [-0.15, -0.1) is 0 Å². The van der Waals surface area contributed by atoms with Gasteiger partial charge in [-0.2, -0.15) is 0 Å². The number of fused-ring (bicyclic) bond motifs is 1. The number of benzene rings is 1. The van der Waals surface area contributed by atoms with Crippen molar-refractivity contribution in [1.82, 2.24) is 4.98 Å². The highest BCUT2D eigenvalue weighted by molar-refractivity contribution is 5.81. The highest BCUT2D eigenvalue weighted by atomic mass is 16.5. The molecule has 90 valence electrons. The van der Waals surface area contributed by atoms with Gasteiger partial charge in [-0.1, -0.05) is 13.3 Å². The third-order valence-electron chi connectivity index (χ3n) is 3.02. The molecule has 0 unspecified atom stereocenters. The topological polar surface area (TPSA) is 42.1 Å². The van der Waals surface area contributed by atoms with E-state index in [2.05, 4.69) is 11.9 Å². The molecule has 17 heavy (non-hydrogen) atoms. The molecule has 0 radical (unpaired) electrons. The molecule has 0 saturated carbocycles. The molecule has 0 atom stereocenters. The van der Waals surface area contributed by atoms with E-state index in [1.807, 2.05) is 19.1 Å². The van der Waals surface area contributed by atoms with Crippen LogP contribution in [0.5, 0.6) is 5.75 Å². The van der Waals surface area contributed by atoms with Crippen LogP contribution in [0.25, 0.3) is 10.9 Å². The van der Waals surface area contributed by atoms with Crippen LogP contribution in [0.3, 0.4) is 0 Å². The maximum atomic E-state index is 12.3. The fourth-order valence-corrected chi connectivity index (χ4v) is 2.11. The van der Waals surface area contributed by atoms with E-state index in [0.29, 0.717) is 11.1 Å². The number of methoxy groups -OCH3 is 1. The van der Waals surface area contributed by atoms with E-state index in [9.17, 15) is 4.79 Å². The van der Waals surface area contributed by atoms with Gasteiger partial charge in [-0.25, -0.2) is 0 Å². The number of aryl methyl sites for hydroxylation is 1. The number of hydrogen-bond donors (Lipinski definition) is 1. The number of hydrogen-bond acceptors (Lipinski definition) is 2. The van der Waals surface area contributed by atoms with Crippen LogP contribution in [-0.4, -0.2) is 12.1 Å². The van der Waals surface area contributed by atoms with E-state index in [1.54, 1.807) is 13.2 Å². The summed E-state index contributed by atoms with van der Waals surface area (Å²) in [5, 5.41) is 0.707. The minimum Gasteiger partial charge on any atom is -0.497 e. The lowest BCUT2D eigenvalue weighted by molar-refractivity contribution is 0.415. The predicted octanol–water partition coefficient (Wildman–Crippen LogP) is 2.80. The standard InChI is InChI=1S/C14H17NO2/c1-4-5-11-9(2)15-13-7-6-10(17-3)8-12(13)14(11)16/h6-8H,4-5H2,1-3H3,(H,15,16). The molecule has 3 heteroatoms. The molecule has 2 rings (SSSR count). The summed E-state index contributed by atoms with van der Waals surface area (Å²) in [5.74, 6) is 0.717. The Labute approximate surface area is 100 Å². The molecular formula is C14H17NO2. The van der Waals surface area contributed by atoms with Crippen LogP contribution in [0.4, 0.5) is 0 Å². The number of aromatic nitrogens is 1. The Morgan fingerprint density at radius 1 is 1.35 bits per heavy atom. The van der Waals surface area contributed by atoms with Crippen molar-refractivity contribution in [2.45, 2.75) is 26.7 Å². The summed E-state index contributed by atoms with van der Waals surface area (Å²) < 4.78 is 5.15. The molecule has 0 spiro atoms. The molecule has 0 aliphatic carbocycles. The molecule has 1 aromatic carbocycles. The van der Waals surface area contributed by atoms with Gasteiger partial charge in [0.15, 0.2) is 5.43 Å². The van der Waals surface area contributed by atoms with Crippen molar-refractivity contribution < 1.29 is 4.74 Å². The Bertz CT molecular complexity index is 599. The zero-order valence-electron chi connectivity index (χ0n) is 10.5. The van der Waals surface area contributed by atoms with Gasteiger partial charge in [0.1, 0.15) is 5.75 Å². The SMILES string of the molecule is CCCc1c(C)[nH]c2ccc(OC)cc2c1=O. The molecule has 0 aliphatic heterocycles. The molecule has 2 aromatic rings. The predicted molar refractivity (Wildman–Crippen MR) is 69.9 cm³/mol. The van der Waals surface area contributed by atoms with Gasteiger partial charge < -0.3 is 9.72 Å². The van der Waals surface area contributed by atoms with Crippen molar-refractivity contribution in [2.75, 3.05) is 7.11 Å². The van der Waals surface area contributed by atoms with Crippen LogP contribution >= 0.6 is 0 Å². The van der Waals surface area contributed by atoms with E-state index in [-0.39, 0.29) is 5.43 Å². The quantitative estimate of drug-likeness (QED) is 0.882. The third-order valence-corrected chi connectivity index (χ3v) is 3.02. The Hall–Kier alpha value is -1.77. The third kappa shape index (κ3) is 2.05. The average Bonchev–Trinajstić information content (AvgIpc) is 2.34. The minimum atomic E-state index is 0.122. The van der Waals surface area contributed by atoms with Gasteiger partial charge in [-0.05, 0) is 31.5 Å². The van der Waals surface area contributed by atoms with Crippen LogP contribution in [0, 0.1) is 6.92 Å². The van der Waals surface area contributed by atoms with Crippen molar-refractivity contribution in [2.24, 2.45) is 0 Å². The van der Waals surface area contributed by atoms with Gasteiger partial charge in [0.25, 0.3) is 0 Å². The molecule has 0 fully saturated rings. The summed E-state index contributed by atoms with van der Waals surface area (Å²) in [6.45, 7) is 4.03. The second-order valence-electron chi connectivity index (χ2n) is 4.22. The molecule has 1 N–H and O–H groups in total. The number of rotatable bonds is 3. The highest BCUT2D eigenvalue weighted by Gasteiger charge is 2.09. The van der Waals surface area contributed by atoms with Gasteiger partial charge >= 0.3 is 0 Å². The molecule has 0 amide bonds. The lowest BCUT2D eigenvalue weighted by atomic mass is 10.0. The molecule has 1 aromatic heterocycles. The van der Waals surface area contributed by atoms with Crippen molar-refractivity contribution in [3.63, 3.8) is 0 Å². The van der Waals surface area contributed by atoms with Crippen LogP contribution in [0.1, 0.15) is 24.6 Å². The van der Waals surface area contributed by atoms with Crippen molar-refractivity contribution in [3.8, 4) is 5.75 Å². The van der Waals surface area contributed by atoms with Crippen molar-refractivity contribution >= 4 is 10.9 Å². The summed E-state index contributed by atoms with van der Waals surface area (Å²) in [4.78, 5) is 15.6. The van der Waals surface area contributed by atoms with E-state index in [0.717, 1.165) is 29.6 Å². The normalized spacial score (nSPS) is 10.8. The lowest BCUT2D eigenvalue weighted by Gasteiger charge is -2.08. The van der Waals surface area contributed by atoms with E-state index in [4.69, 9.17) is 4.74 Å². The van der Waals surface area contributed by atoms with Crippen LogP contribution in [0.15, 0.2) is 23.0 Å². The molecule has 3 nitrogen and oxygen atoms in total. The Kier molecular flexibility index (Phi) is 3.18. The van der Waals surface area contributed by atoms with Crippen LogP contribution in [0.2, 0.25) is 0 Å². The highest BCUT2D eigenvalue weighted by Crippen LogP contribution is 2.18. The van der Waals surface area contributed by atoms with Gasteiger partial charge in [-0.3, -0.25) is 4.79 Å². The fraction of sp³-hybridized carbons (Fsp3) is 0.357. The lowest BCUT2D eigenvalue weighted by Crippen LogP contribution is -2.13. The van der Waals surface area contributed by atoms with Crippen molar-refractivity contribution in [1.29, 1.82) is 0 Å². The number of aromatic amines is 1. The number of nitrogens with one attached hydrogen (secondary N) is 1. The summed E-state index contributed by atoms with van der Waals surface area (Å²) in [6.07, 6.45) is 1.79. The van der Waals surface area contributed by atoms with Gasteiger partial charge in [0, 0.05) is 22.2 Å². The first kappa shape index (κ1) is 11.7. The summed E-state index contributed by atoms with van der Waals surface area (Å²) in [7, 11) is 1.61. The molecule has 0 saturated heterocycles. The number of H-pyrrole nitrogens is 1. The first-order chi connectivity index (χ1) is 8.17. The molecule has 1 heterocycles. The zero-order chi connectivity index (χ0) is 12.4. The van der Waals surface area contributed by atoms with Gasteiger partial charge in [0.05, 0.1) is 7.11 Å². The van der Waals surface area contributed by atoms with E-state index < -0.39 is 0 Å². The summed E-state index contributed by atoms with van der Waals surface area (Å²) in [6, 6.07) is 5.54. The second-order valence-corrected chi connectivity index (χ2v) is 4.22. The Morgan fingerprint density at radius 2 is 2.12 bits per heavy atom. The fourth-order valence-electron chi connectivity index (χ4n) is 2.11. The summed E-state index contributed by atoms with van der Waals surface area (Å²) in [5.41, 5.74) is 2.84. The van der Waals surface area contributed by atoms with Crippen LogP contribution < -0.4 is 10.2 Å². The maximum Gasteiger partial charge on any atom is 0.192 e. The van der Waals surface area contributed by atoms with E-state index in [1.165, 1.54) is 0 Å². The maximum absolute atomic E-state index is 12.3. The molecular weight excluding hydrogens is 214 g/mol. The van der Waals surface area contributed by atoms with Crippen LogP contribution in [-0.2, 0) is 6.42 Å². The first-order valence-corrected chi connectivity index (χ1v) is 5.87. The number of ether oxygens (including phenoxy) is 1.